The molecule has 3 fully saturated rings. The molecule has 0 unspecified atom stereocenters. The first kappa shape index (κ1) is 18.3. The van der Waals surface area contributed by atoms with Crippen LogP contribution in [0.3, 0.4) is 0 Å². The Bertz CT molecular complexity index is 637. The van der Waals surface area contributed by atoms with E-state index in [-0.39, 0.29) is 5.92 Å². The van der Waals surface area contributed by atoms with Crippen molar-refractivity contribution in [1.82, 2.24) is 9.80 Å². The molecule has 3 aliphatic rings. The lowest BCUT2D eigenvalue weighted by Crippen LogP contribution is -2.45. The molecule has 2 atom stereocenters. The Kier molecular flexibility index (Phi) is 5.74. The van der Waals surface area contributed by atoms with Crippen molar-refractivity contribution in [2.75, 3.05) is 33.4 Å². The summed E-state index contributed by atoms with van der Waals surface area (Å²) >= 11 is 6.43. The number of amides is 1. The van der Waals surface area contributed by atoms with E-state index in [0.717, 1.165) is 38.0 Å². The van der Waals surface area contributed by atoms with Gasteiger partial charge >= 0.3 is 0 Å². The van der Waals surface area contributed by atoms with E-state index in [1.807, 2.05) is 37.9 Å². The normalized spacial score (nSPS) is 23.7. The molecule has 1 amide bonds. The van der Waals surface area contributed by atoms with E-state index in [0.29, 0.717) is 41.7 Å². The molecule has 0 spiro atoms. The largest absolute Gasteiger partial charge is 0.490 e. The highest BCUT2D eigenvalue weighted by Gasteiger charge is 2.38. The molecule has 3 saturated heterocycles. The van der Waals surface area contributed by atoms with Crippen molar-refractivity contribution in [2.45, 2.75) is 39.3 Å². The van der Waals surface area contributed by atoms with E-state index >= 15 is 0 Å². The van der Waals surface area contributed by atoms with Crippen molar-refractivity contribution in [1.29, 1.82) is 0 Å². The number of ether oxygens (including phenoxy) is 2. The standard InChI is InChI=1S/C19H27ClN2O3/c1-4-24-17-9-13(8-16(20)18(17)25-5-2)10-22-11-14-6-7-15(12-22)21(3)19(14)23/h8-9,14-15H,4-7,10-12H2,1-3H3/t14-,15+/m0/s1. The van der Waals surface area contributed by atoms with Crippen LogP contribution in [0.25, 0.3) is 0 Å². The summed E-state index contributed by atoms with van der Waals surface area (Å²) < 4.78 is 11.4. The van der Waals surface area contributed by atoms with Gasteiger partial charge in [0, 0.05) is 32.7 Å². The monoisotopic (exact) mass is 366 g/mol. The Hall–Kier alpha value is -1.46. The first-order valence-corrected chi connectivity index (χ1v) is 9.48. The van der Waals surface area contributed by atoms with Crippen molar-refractivity contribution in [2.24, 2.45) is 5.92 Å². The molecule has 6 heteroatoms. The summed E-state index contributed by atoms with van der Waals surface area (Å²) in [4.78, 5) is 16.7. The van der Waals surface area contributed by atoms with Crippen molar-refractivity contribution >= 4 is 17.5 Å². The van der Waals surface area contributed by atoms with Crippen LogP contribution in [0.4, 0.5) is 0 Å². The fourth-order valence-corrected chi connectivity index (χ4v) is 4.18. The maximum atomic E-state index is 12.4. The highest BCUT2D eigenvalue weighted by Crippen LogP contribution is 2.37. The number of hydrogen-bond donors (Lipinski definition) is 0. The topological polar surface area (TPSA) is 42.0 Å². The van der Waals surface area contributed by atoms with Crippen LogP contribution in [-0.4, -0.2) is 55.1 Å². The van der Waals surface area contributed by atoms with Crippen LogP contribution in [0.2, 0.25) is 5.02 Å². The summed E-state index contributed by atoms with van der Waals surface area (Å²) in [5.74, 6) is 1.71. The fraction of sp³-hybridized carbons (Fsp3) is 0.632. The van der Waals surface area contributed by atoms with Crippen LogP contribution in [-0.2, 0) is 11.3 Å². The predicted octanol–water partition coefficient (Wildman–Crippen LogP) is 3.19. The molecule has 0 radical (unpaired) electrons. The molecule has 1 aromatic rings. The Morgan fingerprint density at radius 3 is 2.64 bits per heavy atom. The van der Waals surface area contributed by atoms with Gasteiger partial charge in [0.15, 0.2) is 11.5 Å². The van der Waals surface area contributed by atoms with Gasteiger partial charge in [-0.15, -0.1) is 0 Å². The van der Waals surface area contributed by atoms with E-state index in [4.69, 9.17) is 21.1 Å². The third-order valence-electron chi connectivity index (χ3n) is 5.10. The zero-order valence-electron chi connectivity index (χ0n) is 15.3. The average Bonchev–Trinajstić information content (AvgIpc) is 2.84. The number of carbonyl (C=O) groups is 1. The van der Waals surface area contributed by atoms with Gasteiger partial charge in [0.2, 0.25) is 5.91 Å². The molecule has 1 aromatic carbocycles. The van der Waals surface area contributed by atoms with E-state index in [9.17, 15) is 4.79 Å². The highest BCUT2D eigenvalue weighted by atomic mass is 35.5. The number of piperidine rings is 1. The van der Waals surface area contributed by atoms with Gasteiger partial charge < -0.3 is 14.4 Å². The number of rotatable bonds is 6. The second-order valence-electron chi connectivity index (χ2n) is 6.84. The van der Waals surface area contributed by atoms with Crippen molar-refractivity contribution < 1.29 is 14.3 Å². The zero-order valence-corrected chi connectivity index (χ0v) is 16.0. The molecule has 0 aliphatic carbocycles. The summed E-state index contributed by atoms with van der Waals surface area (Å²) in [5.41, 5.74) is 1.09. The summed E-state index contributed by atoms with van der Waals surface area (Å²) in [5, 5.41) is 0.578. The number of nitrogens with zero attached hydrogens (tertiary/aromatic N) is 2. The molecular weight excluding hydrogens is 340 g/mol. The summed E-state index contributed by atoms with van der Waals surface area (Å²) in [6.07, 6.45) is 2.09. The number of benzene rings is 1. The van der Waals surface area contributed by atoms with E-state index in [1.165, 1.54) is 0 Å². The van der Waals surface area contributed by atoms with Crippen LogP contribution >= 0.6 is 11.6 Å². The maximum Gasteiger partial charge on any atom is 0.227 e. The minimum atomic E-state index is 0.119. The lowest BCUT2D eigenvalue weighted by atomic mass is 9.95. The number of fused-ring (bicyclic) bond motifs is 4. The molecule has 4 rings (SSSR count). The number of likely N-dealkylation sites (N-methyl/N-ethyl adjacent to an activating group) is 1. The smallest absolute Gasteiger partial charge is 0.227 e. The Balaban J connectivity index is 1.79. The lowest BCUT2D eigenvalue weighted by Gasteiger charge is -2.32. The van der Waals surface area contributed by atoms with Gasteiger partial charge in [0.25, 0.3) is 0 Å². The van der Waals surface area contributed by atoms with Crippen molar-refractivity contribution in [3.8, 4) is 11.5 Å². The number of halogens is 1. The van der Waals surface area contributed by atoms with Gasteiger partial charge in [-0.3, -0.25) is 9.69 Å². The van der Waals surface area contributed by atoms with Gasteiger partial charge in [0.1, 0.15) is 0 Å². The summed E-state index contributed by atoms with van der Waals surface area (Å²) in [7, 11) is 1.93. The Labute approximate surface area is 154 Å². The molecule has 0 saturated carbocycles. The second-order valence-corrected chi connectivity index (χ2v) is 7.25. The molecule has 3 heterocycles. The Morgan fingerprint density at radius 1 is 1.16 bits per heavy atom. The maximum absolute atomic E-state index is 12.4. The lowest BCUT2D eigenvalue weighted by molar-refractivity contribution is -0.138. The second kappa shape index (κ2) is 7.83. The molecule has 25 heavy (non-hydrogen) atoms. The predicted molar refractivity (Wildman–Crippen MR) is 98.3 cm³/mol. The van der Waals surface area contributed by atoms with Crippen molar-refractivity contribution in [3.63, 3.8) is 0 Å². The van der Waals surface area contributed by atoms with Gasteiger partial charge in [-0.1, -0.05) is 11.6 Å². The molecule has 138 valence electrons. The van der Waals surface area contributed by atoms with E-state index in [2.05, 4.69) is 4.90 Å². The van der Waals surface area contributed by atoms with Crippen LogP contribution in [0, 0.1) is 5.92 Å². The minimum absolute atomic E-state index is 0.119. The van der Waals surface area contributed by atoms with Crippen LogP contribution in [0.5, 0.6) is 11.5 Å². The third kappa shape index (κ3) is 3.87. The van der Waals surface area contributed by atoms with Gasteiger partial charge in [-0.05, 0) is 44.4 Å². The van der Waals surface area contributed by atoms with E-state index < -0.39 is 0 Å². The first-order valence-electron chi connectivity index (χ1n) is 9.10. The van der Waals surface area contributed by atoms with Gasteiger partial charge in [-0.25, -0.2) is 0 Å². The highest BCUT2D eigenvalue weighted by molar-refractivity contribution is 6.32. The summed E-state index contributed by atoms with van der Waals surface area (Å²) in [6.45, 7) is 7.48. The molecular formula is C19H27ClN2O3. The fourth-order valence-electron chi connectivity index (χ4n) is 3.89. The number of hydrogen-bond acceptors (Lipinski definition) is 4. The third-order valence-corrected chi connectivity index (χ3v) is 5.39. The van der Waals surface area contributed by atoms with Gasteiger partial charge in [-0.2, -0.15) is 0 Å². The zero-order chi connectivity index (χ0) is 18.0. The van der Waals surface area contributed by atoms with Crippen LogP contribution in [0.1, 0.15) is 32.3 Å². The SMILES string of the molecule is CCOc1cc(CN2C[C@@H]3CC[C@H](C2)N(C)C3=O)cc(Cl)c1OCC. The first-order chi connectivity index (χ1) is 12.0. The van der Waals surface area contributed by atoms with E-state index in [1.54, 1.807) is 0 Å². The minimum Gasteiger partial charge on any atom is -0.490 e. The molecule has 3 aliphatic heterocycles. The molecule has 0 aromatic heterocycles. The van der Waals surface area contributed by atoms with Crippen LogP contribution < -0.4 is 9.47 Å². The Morgan fingerprint density at radius 2 is 1.92 bits per heavy atom. The van der Waals surface area contributed by atoms with Crippen molar-refractivity contribution in [3.05, 3.63) is 22.7 Å². The number of carbonyl (C=O) groups excluding carboxylic acids is 1. The van der Waals surface area contributed by atoms with Gasteiger partial charge in [0.05, 0.1) is 24.2 Å². The quantitative estimate of drug-likeness (QED) is 0.775. The van der Waals surface area contributed by atoms with Crippen LogP contribution in [0.15, 0.2) is 12.1 Å². The summed E-state index contributed by atoms with van der Waals surface area (Å²) in [6, 6.07) is 4.28. The molecule has 5 nitrogen and oxygen atoms in total. The molecule has 2 bridgehead atoms. The average molecular weight is 367 g/mol. The molecule has 0 N–H and O–H groups in total.